The van der Waals surface area contributed by atoms with Gasteiger partial charge in [-0.1, -0.05) is 0 Å². The highest BCUT2D eigenvalue weighted by Crippen LogP contribution is 2.30. The van der Waals surface area contributed by atoms with Gasteiger partial charge in [0, 0.05) is 0 Å². The highest BCUT2D eigenvalue weighted by molar-refractivity contribution is 5.72. The Morgan fingerprint density at radius 1 is 1.31 bits per heavy atom. The van der Waals surface area contributed by atoms with Crippen LogP contribution in [0, 0.1) is 0 Å². The fourth-order valence-corrected chi connectivity index (χ4v) is 0.729. The Morgan fingerprint density at radius 2 is 2.00 bits per heavy atom. The predicted octanol–water partition coefficient (Wildman–Crippen LogP) is 2.51. The van der Waals surface area contributed by atoms with Crippen LogP contribution in [0.15, 0.2) is 22.6 Å². The van der Waals surface area contributed by atoms with Gasteiger partial charge >= 0.3 is 6.18 Å². The first-order chi connectivity index (χ1) is 6.04. The number of halogens is 3. The van der Waals surface area contributed by atoms with Crippen molar-refractivity contribution in [1.29, 1.82) is 0 Å². The number of carbonyl (C=O) groups excluding carboxylic acids is 1. The summed E-state index contributed by atoms with van der Waals surface area (Å²) in [5, 5.41) is 0. The molecular weight excluding hydrogens is 185 g/mol. The molecule has 0 spiro atoms. The van der Waals surface area contributed by atoms with Gasteiger partial charge in [-0.25, -0.2) is 0 Å². The highest BCUT2D eigenvalue weighted by atomic mass is 19.4. The summed E-state index contributed by atoms with van der Waals surface area (Å²) in [7, 11) is 0. The maximum absolute atomic E-state index is 11.9. The Labute approximate surface area is 71.7 Å². The summed E-state index contributed by atoms with van der Waals surface area (Å²) in [5.74, 6) is -1.07. The van der Waals surface area contributed by atoms with Gasteiger partial charge in [0.1, 0.15) is 12.0 Å². The number of aldehydes is 1. The summed E-state index contributed by atoms with van der Waals surface area (Å²) in [6, 6.07) is 1.95. The maximum Gasteiger partial charge on any atom is 0.449 e. The van der Waals surface area contributed by atoms with Crippen LogP contribution in [-0.4, -0.2) is 6.29 Å². The normalized spacial score (nSPS) is 12.2. The smallest absolute Gasteiger partial charge is 0.449 e. The van der Waals surface area contributed by atoms with Crippen LogP contribution in [-0.2, 0) is 11.0 Å². The third-order valence-electron chi connectivity index (χ3n) is 1.25. The van der Waals surface area contributed by atoms with Crippen LogP contribution in [0.2, 0.25) is 0 Å². The van der Waals surface area contributed by atoms with Crippen molar-refractivity contribution in [2.45, 2.75) is 6.18 Å². The Morgan fingerprint density at radius 3 is 2.46 bits per heavy atom. The second-order valence-corrected chi connectivity index (χ2v) is 2.19. The number of rotatable bonds is 2. The van der Waals surface area contributed by atoms with Crippen LogP contribution in [0.1, 0.15) is 11.5 Å². The van der Waals surface area contributed by atoms with E-state index in [0.717, 1.165) is 24.3 Å². The second-order valence-electron chi connectivity index (χ2n) is 2.19. The van der Waals surface area contributed by atoms with E-state index in [9.17, 15) is 18.0 Å². The number of furan rings is 1. The van der Waals surface area contributed by atoms with Crippen molar-refractivity contribution in [2.75, 3.05) is 0 Å². The molecule has 1 aromatic heterocycles. The van der Waals surface area contributed by atoms with E-state index in [1.54, 1.807) is 0 Å². The molecule has 70 valence electrons. The van der Waals surface area contributed by atoms with E-state index in [4.69, 9.17) is 0 Å². The number of hydrogen-bond donors (Lipinski definition) is 0. The SMILES string of the molecule is O=C/C=C/c1ccc(C(F)(F)F)o1. The molecule has 0 unspecified atom stereocenters. The lowest BCUT2D eigenvalue weighted by atomic mass is 10.4. The molecule has 0 radical (unpaired) electrons. The Balaban J connectivity index is 2.87. The van der Waals surface area contributed by atoms with Crippen molar-refractivity contribution in [2.24, 2.45) is 0 Å². The van der Waals surface area contributed by atoms with Gasteiger partial charge in [0.2, 0.25) is 5.76 Å². The monoisotopic (exact) mass is 190 g/mol. The summed E-state index contributed by atoms with van der Waals surface area (Å²) >= 11 is 0. The van der Waals surface area contributed by atoms with Crippen molar-refractivity contribution >= 4 is 12.4 Å². The predicted molar refractivity (Wildman–Crippen MR) is 38.8 cm³/mol. The quantitative estimate of drug-likeness (QED) is 0.529. The maximum atomic E-state index is 11.9. The zero-order chi connectivity index (χ0) is 9.90. The molecule has 1 rings (SSSR count). The van der Waals surface area contributed by atoms with Crippen LogP contribution in [0.25, 0.3) is 6.08 Å². The Bertz CT molecular complexity index is 322. The van der Waals surface area contributed by atoms with Crippen LogP contribution in [0.5, 0.6) is 0 Å². The summed E-state index contributed by atoms with van der Waals surface area (Å²) < 4.78 is 40.2. The van der Waals surface area contributed by atoms with E-state index in [2.05, 4.69) is 4.42 Å². The molecule has 0 saturated carbocycles. The number of carbonyl (C=O) groups is 1. The number of hydrogen-bond acceptors (Lipinski definition) is 2. The highest BCUT2D eigenvalue weighted by Gasteiger charge is 2.34. The van der Waals surface area contributed by atoms with Gasteiger partial charge in [0.05, 0.1) is 0 Å². The topological polar surface area (TPSA) is 30.2 Å². The van der Waals surface area contributed by atoms with E-state index in [-0.39, 0.29) is 5.76 Å². The molecule has 13 heavy (non-hydrogen) atoms. The van der Waals surface area contributed by atoms with Gasteiger partial charge in [-0.3, -0.25) is 4.79 Å². The van der Waals surface area contributed by atoms with Gasteiger partial charge in [-0.15, -0.1) is 0 Å². The fourth-order valence-electron chi connectivity index (χ4n) is 0.729. The summed E-state index contributed by atoms with van der Waals surface area (Å²) in [6.07, 6.45) is -1.82. The average molecular weight is 190 g/mol. The molecule has 5 heteroatoms. The molecule has 0 saturated heterocycles. The largest absolute Gasteiger partial charge is 0.452 e. The first-order valence-corrected chi connectivity index (χ1v) is 3.33. The molecule has 0 bridgehead atoms. The lowest BCUT2D eigenvalue weighted by Gasteiger charge is -1.99. The summed E-state index contributed by atoms with van der Waals surface area (Å²) in [6.45, 7) is 0. The van der Waals surface area contributed by atoms with Crippen molar-refractivity contribution in [1.82, 2.24) is 0 Å². The first-order valence-electron chi connectivity index (χ1n) is 3.33. The van der Waals surface area contributed by atoms with Gasteiger partial charge in [-0.2, -0.15) is 13.2 Å². The number of allylic oxidation sites excluding steroid dienone is 1. The molecule has 2 nitrogen and oxygen atoms in total. The Hall–Kier alpha value is -1.52. The molecular formula is C8H5F3O2. The van der Waals surface area contributed by atoms with Gasteiger partial charge in [-0.05, 0) is 24.3 Å². The minimum absolute atomic E-state index is 0.000532. The summed E-state index contributed by atoms with van der Waals surface area (Å²) in [4.78, 5) is 9.83. The van der Waals surface area contributed by atoms with E-state index in [0.29, 0.717) is 6.29 Å². The third-order valence-corrected chi connectivity index (χ3v) is 1.25. The van der Waals surface area contributed by atoms with E-state index >= 15 is 0 Å². The average Bonchev–Trinajstić information content (AvgIpc) is 2.47. The van der Waals surface area contributed by atoms with Gasteiger partial charge in [0.15, 0.2) is 0 Å². The minimum Gasteiger partial charge on any atom is -0.452 e. The zero-order valence-electron chi connectivity index (χ0n) is 6.34. The van der Waals surface area contributed by atoms with E-state index in [1.165, 1.54) is 0 Å². The molecule has 0 atom stereocenters. The van der Waals surface area contributed by atoms with Gasteiger partial charge < -0.3 is 4.42 Å². The van der Waals surface area contributed by atoms with Crippen LogP contribution in [0.4, 0.5) is 13.2 Å². The second kappa shape index (κ2) is 3.47. The molecule has 0 aliphatic rings. The van der Waals surface area contributed by atoms with E-state index in [1.807, 2.05) is 0 Å². The first kappa shape index (κ1) is 9.57. The lowest BCUT2D eigenvalue weighted by Crippen LogP contribution is -2.01. The number of alkyl halides is 3. The van der Waals surface area contributed by atoms with Crippen LogP contribution >= 0.6 is 0 Å². The molecule has 0 aromatic carbocycles. The fraction of sp³-hybridized carbons (Fsp3) is 0.125. The van der Waals surface area contributed by atoms with Crippen molar-refractivity contribution < 1.29 is 22.4 Å². The standard InChI is InChI=1S/C8H5F3O2/c9-8(10,11)7-4-3-6(13-7)2-1-5-12/h1-5H/b2-1+. The lowest BCUT2D eigenvalue weighted by molar-refractivity contribution is -0.153. The van der Waals surface area contributed by atoms with Crippen LogP contribution in [0.3, 0.4) is 0 Å². The third kappa shape index (κ3) is 2.47. The molecule has 0 aliphatic carbocycles. The van der Waals surface area contributed by atoms with Crippen molar-refractivity contribution in [3.63, 3.8) is 0 Å². The van der Waals surface area contributed by atoms with E-state index < -0.39 is 11.9 Å². The molecule has 1 aromatic rings. The minimum atomic E-state index is -4.48. The molecule has 1 heterocycles. The van der Waals surface area contributed by atoms with Crippen molar-refractivity contribution in [3.05, 3.63) is 29.7 Å². The van der Waals surface area contributed by atoms with Crippen LogP contribution < -0.4 is 0 Å². The van der Waals surface area contributed by atoms with Gasteiger partial charge in [0.25, 0.3) is 0 Å². The van der Waals surface area contributed by atoms with Crippen molar-refractivity contribution in [3.8, 4) is 0 Å². The molecule has 0 fully saturated rings. The Kier molecular flexibility index (Phi) is 2.55. The zero-order valence-corrected chi connectivity index (χ0v) is 6.34. The molecule has 0 N–H and O–H groups in total. The molecule has 0 aliphatic heterocycles. The molecule has 0 amide bonds. The summed E-state index contributed by atoms with van der Waals surface area (Å²) in [5.41, 5.74) is 0.